The van der Waals surface area contributed by atoms with Crippen molar-refractivity contribution in [1.29, 1.82) is 0 Å². The highest BCUT2D eigenvalue weighted by Gasteiger charge is 2.54. The van der Waals surface area contributed by atoms with Crippen LogP contribution in [-0.4, -0.2) is 59.4 Å². The van der Waals surface area contributed by atoms with E-state index < -0.39 is 5.54 Å². The van der Waals surface area contributed by atoms with Crippen LogP contribution in [0.3, 0.4) is 0 Å². The van der Waals surface area contributed by atoms with Gasteiger partial charge in [0.25, 0.3) is 11.8 Å². The summed E-state index contributed by atoms with van der Waals surface area (Å²) in [7, 11) is 0. The van der Waals surface area contributed by atoms with Gasteiger partial charge in [-0.25, -0.2) is 4.39 Å². The summed E-state index contributed by atoms with van der Waals surface area (Å²) in [6.45, 7) is 1.30. The topological polar surface area (TPSA) is 73.0 Å². The Kier molecular flexibility index (Phi) is 7.92. The zero-order chi connectivity index (χ0) is 29.8. The van der Waals surface area contributed by atoms with E-state index in [1.807, 2.05) is 89.8 Å². The zero-order valence-electron chi connectivity index (χ0n) is 23.8. The van der Waals surface area contributed by atoms with Crippen LogP contribution in [0, 0.1) is 5.82 Å². The van der Waals surface area contributed by atoms with E-state index in [-0.39, 0.29) is 43.3 Å². The SMILES string of the molecule is O=C(CN1CN(c2ccccc2)C2(CCN(C(=O)c3ccc(-c4ccccc4)cc3)CC2)C1=O)NCc1ccc(F)cc1. The minimum absolute atomic E-state index is 0.0526. The standard InChI is InChI=1S/C35H33FN4O3/c36-30-17-11-26(12-18-30)23-37-32(41)24-39-25-40(31-9-5-2-6-10-31)35(34(39)43)19-21-38(22-20-35)33(42)29-15-13-28(14-16-29)27-7-3-1-4-8-27/h1-18H,19-25H2,(H,37,41). The quantitative estimate of drug-likeness (QED) is 0.333. The largest absolute Gasteiger partial charge is 0.350 e. The van der Waals surface area contributed by atoms with Crippen LogP contribution in [0.1, 0.15) is 28.8 Å². The molecule has 4 aromatic carbocycles. The molecule has 6 rings (SSSR count). The van der Waals surface area contributed by atoms with Crippen LogP contribution in [-0.2, 0) is 16.1 Å². The lowest BCUT2D eigenvalue weighted by Crippen LogP contribution is -2.57. The fourth-order valence-electron chi connectivity index (χ4n) is 6.05. The summed E-state index contributed by atoms with van der Waals surface area (Å²) in [6.07, 6.45) is 0.921. The van der Waals surface area contributed by atoms with Crippen molar-refractivity contribution in [2.75, 3.05) is 31.2 Å². The van der Waals surface area contributed by atoms with Gasteiger partial charge in [-0.15, -0.1) is 0 Å². The van der Waals surface area contributed by atoms with E-state index in [1.54, 1.807) is 17.0 Å². The first-order chi connectivity index (χ1) is 20.9. The Labute approximate surface area is 250 Å². The molecule has 0 aromatic heterocycles. The maximum absolute atomic E-state index is 14.0. The molecule has 0 radical (unpaired) electrons. The molecule has 2 fully saturated rings. The van der Waals surface area contributed by atoms with Crippen molar-refractivity contribution in [3.63, 3.8) is 0 Å². The molecule has 0 bridgehead atoms. The van der Waals surface area contributed by atoms with Crippen molar-refractivity contribution < 1.29 is 18.8 Å². The van der Waals surface area contributed by atoms with Gasteiger partial charge in [-0.3, -0.25) is 14.4 Å². The highest BCUT2D eigenvalue weighted by molar-refractivity contribution is 5.98. The number of para-hydroxylation sites is 1. The number of halogens is 1. The molecular formula is C35H33FN4O3. The lowest BCUT2D eigenvalue weighted by Gasteiger charge is -2.43. The van der Waals surface area contributed by atoms with E-state index in [1.165, 1.54) is 12.1 Å². The fraction of sp³-hybridized carbons (Fsp3) is 0.229. The molecule has 7 nitrogen and oxygen atoms in total. The Morgan fingerprint density at radius 1 is 0.767 bits per heavy atom. The van der Waals surface area contributed by atoms with E-state index in [0.717, 1.165) is 22.4 Å². The lowest BCUT2D eigenvalue weighted by molar-refractivity contribution is -0.137. The van der Waals surface area contributed by atoms with E-state index in [2.05, 4.69) is 10.2 Å². The van der Waals surface area contributed by atoms with Gasteiger partial charge in [-0.1, -0.05) is 72.8 Å². The molecule has 2 aliphatic heterocycles. The number of piperidine rings is 1. The summed E-state index contributed by atoms with van der Waals surface area (Å²) in [6, 6.07) is 33.4. The van der Waals surface area contributed by atoms with Crippen LogP contribution in [0.25, 0.3) is 11.1 Å². The number of hydrogen-bond acceptors (Lipinski definition) is 4. The van der Waals surface area contributed by atoms with Crippen molar-refractivity contribution in [2.24, 2.45) is 0 Å². The molecule has 8 heteroatoms. The van der Waals surface area contributed by atoms with Crippen LogP contribution >= 0.6 is 0 Å². The predicted molar refractivity (Wildman–Crippen MR) is 163 cm³/mol. The predicted octanol–water partition coefficient (Wildman–Crippen LogP) is 5.09. The van der Waals surface area contributed by atoms with Crippen molar-refractivity contribution in [2.45, 2.75) is 24.9 Å². The molecule has 1 N–H and O–H groups in total. The number of likely N-dealkylation sites (tertiary alicyclic amines) is 1. The smallest absolute Gasteiger partial charge is 0.253 e. The third-order valence-electron chi connectivity index (χ3n) is 8.44. The Bertz CT molecular complexity index is 1590. The van der Waals surface area contributed by atoms with Gasteiger partial charge in [0.15, 0.2) is 0 Å². The molecule has 43 heavy (non-hydrogen) atoms. The van der Waals surface area contributed by atoms with E-state index in [9.17, 15) is 18.8 Å². The first-order valence-electron chi connectivity index (χ1n) is 14.5. The molecule has 2 saturated heterocycles. The van der Waals surface area contributed by atoms with E-state index >= 15 is 0 Å². The molecule has 218 valence electrons. The first-order valence-corrected chi connectivity index (χ1v) is 14.5. The lowest BCUT2D eigenvalue weighted by atomic mass is 9.85. The third kappa shape index (κ3) is 5.86. The summed E-state index contributed by atoms with van der Waals surface area (Å²) < 4.78 is 13.2. The number of nitrogens with one attached hydrogen (secondary N) is 1. The van der Waals surface area contributed by atoms with Crippen LogP contribution in [0.5, 0.6) is 0 Å². The number of carbonyl (C=O) groups excluding carboxylic acids is 3. The maximum Gasteiger partial charge on any atom is 0.253 e. The normalized spacial score (nSPS) is 16.0. The van der Waals surface area contributed by atoms with Crippen LogP contribution in [0.4, 0.5) is 10.1 Å². The number of rotatable bonds is 7. The van der Waals surface area contributed by atoms with Crippen LogP contribution in [0.15, 0.2) is 109 Å². The van der Waals surface area contributed by atoms with Gasteiger partial charge in [0.05, 0.1) is 6.67 Å². The number of amides is 3. The molecule has 0 aliphatic carbocycles. The summed E-state index contributed by atoms with van der Waals surface area (Å²) in [5.41, 5.74) is 3.60. The molecule has 1 spiro atoms. The first kappa shape index (κ1) is 28.2. The Balaban J connectivity index is 1.14. The molecule has 0 atom stereocenters. The Morgan fingerprint density at radius 2 is 1.37 bits per heavy atom. The molecule has 2 aliphatic rings. The molecular weight excluding hydrogens is 543 g/mol. The second-order valence-corrected chi connectivity index (χ2v) is 11.1. The summed E-state index contributed by atoms with van der Waals surface area (Å²) in [5.74, 6) is -0.775. The zero-order valence-corrected chi connectivity index (χ0v) is 23.8. The number of carbonyl (C=O) groups is 3. The van der Waals surface area contributed by atoms with Gasteiger partial charge in [0.2, 0.25) is 5.91 Å². The minimum atomic E-state index is -0.841. The van der Waals surface area contributed by atoms with Gasteiger partial charge in [-0.2, -0.15) is 0 Å². The molecule has 4 aromatic rings. The highest BCUT2D eigenvalue weighted by atomic mass is 19.1. The van der Waals surface area contributed by atoms with Gasteiger partial charge in [0.1, 0.15) is 17.9 Å². The molecule has 0 unspecified atom stereocenters. The molecule has 2 heterocycles. The number of benzene rings is 4. The van der Waals surface area contributed by atoms with Crippen molar-refractivity contribution >= 4 is 23.4 Å². The number of anilines is 1. The Hall–Kier alpha value is -4.98. The number of nitrogens with zero attached hydrogens (tertiary/aromatic N) is 3. The molecule has 3 amide bonds. The summed E-state index contributed by atoms with van der Waals surface area (Å²) in [4.78, 5) is 45.8. The van der Waals surface area contributed by atoms with Gasteiger partial charge in [0, 0.05) is 30.9 Å². The summed E-state index contributed by atoms with van der Waals surface area (Å²) in [5, 5.41) is 2.84. The second-order valence-electron chi connectivity index (χ2n) is 11.1. The monoisotopic (exact) mass is 576 g/mol. The highest BCUT2D eigenvalue weighted by Crippen LogP contribution is 2.39. The fourth-order valence-corrected chi connectivity index (χ4v) is 6.05. The third-order valence-corrected chi connectivity index (χ3v) is 8.44. The van der Waals surface area contributed by atoms with Gasteiger partial charge >= 0.3 is 0 Å². The van der Waals surface area contributed by atoms with Crippen molar-refractivity contribution in [3.05, 3.63) is 126 Å². The molecule has 0 saturated carbocycles. The van der Waals surface area contributed by atoms with E-state index in [0.29, 0.717) is 31.5 Å². The van der Waals surface area contributed by atoms with Crippen LogP contribution in [0.2, 0.25) is 0 Å². The van der Waals surface area contributed by atoms with Crippen LogP contribution < -0.4 is 10.2 Å². The van der Waals surface area contributed by atoms with Crippen molar-refractivity contribution in [1.82, 2.24) is 15.1 Å². The van der Waals surface area contributed by atoms with Gasteiger partial charge < -0.3 is 20.0 Å². The average molecular weight is 577 g/mol. The van der Waals surface area contributed by atoms with Crippen molar-refractivity contribution in [3.8, 4) is 11.1 Å². The maximum atomic E-state index is 14.0. The second kappa shape index (κ2) is 12.1. The van der Waals surface area contributed by atoms with Gasteiger partial charge in [-0.05, 0) is 65.9 Å². The Morgan fingerprint density at radius 3 is 2.02 bits per heavy atom. The minimum Gasteiger partial charge on any atom is -0.350 e. The number of hydrogen-bond donors (Lipinski definition) is 1. The average Bonchev–Trinajstić information content (AvgIpc) is 3.31. The summed E-state index contributed by atoms with van der Waals surface area (Å²) >= 11 is 0. The van der Waals surface area contributed by atoms with E-state index in [4.69, 9.17) is 0 Å².